The van der Waals surface area contributed by atoms with Crippen LogP contribution in [0, 0.1) is 6.92 Å². The van der Waals surface area contributed by atoms with Gasteiger partial charge in [0.15, 0.2) is 0 Å². The molecular weight excluding hydrogens is 250 g/mol. The lowest BCUT2D eigenvalue weighted by molar-refractivity contribution is 0.479. The molecule has 1 unspecified atom stereocenters. The largest absolute Gasteiger partial charge is 0.364 e. The third-order valence-electron chi connectivity index (χ3n) is 3.61. The lowest BCUT2D eigenvalue weighted by Crippen LogP contribution is -2.06. The Bertz CT molecular complexity index is 540. The van der Waals surface area contributed by atoms with Crippen LogP contribution in [0.1, 0.15) is 50.9 Å². The highest BCUT2D eigenvalue weighted by atomic mass is 15.3. The molecule has 1 N–H and O–H groups in total. The van der Waals surface area contributed by atoms with Crippen molar-refractivity contribution in [1.29, 1.82) is 0 Å². The van der Waals surface area contributed by atoms with Crippen LogP contribution in [0.4, 0.5) is 5.82 Å². The lowest BCUT2D eigenvalue weighted by Gasteiger charge is -2.08. The van der Waals surface area contributed by atoms with E-state index in [-0.39, 0.29) is 0 Å². The molecule has 0 saturated heterocycles. The van der Waals surface area contributed by atoms with Crippen molar-refractivity contribution in [2.75, 3.05) is 5.32 Å². The molecule has 0 saturated carbocycles. The zero-order valence-corrected chi connectivity index (χ0v) is 12.9. The number of nitrogens with one attached hydrogen (secondary N) is 1. The molecule has 0 aliphatic heterocycles. The molecule has 2 heterocycles. The summed E-state index contributed by atoms with van der Waals surface area (Å²) in [4.78, 5) is 0. The summed E-state index contributed by atoms with van der Waals surface area (Å²) in [7, 11) is 0. The molecule has 0 fully saturated rings. The zero-order valence-electron chi connectivity index (χ0n) is 12.9. The number of hydrogen-bond donors (Lipinski definition) is 1. The molecule has 0 aromatic carbocycles. The second-order valence-electron chi connectivity index (χ2n) is 5.29. The summed E-state index contributed by atoms with van der Waals surface area (Å²) >= 11 is 0. The molecule has 2 rings (SSSR count). The van der Waals surface area contributed by atoms with E-state index >= 15 is 0 Å². The van der Waals surface area contributed by atoms with Crippen molar-refractivity contribution in [2.45, 2.75) is 59.7 Å². The van der Waals surface area contributed by atoms with Gasteiger partial charge in [0.05, 0.1) is 5.69 Å². The van der Waals surface area contributed by atoms with Crippen molar-refractivity contribution in [3.8, 4) is 0 Å². The van der Waals surface area contributed by atoms with Gasteiger partial charge < -0.3 is 5.32 Å². The van der Waals surface area contributed by atoms with E-state index in [1.807, 2.05) is 21.6 Å². The molecule has 0 radical (unpaired) electrons. The predicted octanol–water partition coefficient (Wildman–Crippen LogP) is 3.38. The number of hydrogen-bond acceptors (Lipinski definition) is 3. The maximum atomic E-state index is 4.55. The summed E-state index contributed by atoms with van der Waals surface area (Å²) in [6.07, 6.45) is 6.35. The summed E-state index contributed by atoms with van der Waals surface area (Å²) in [5.41, 5.74) is 2.32. The van der Waals surface area contributed by atoms with Crippen molar-refractivity contribution in [3.05, 3.63) is 29.7 Å². The van der Waals surface area contributed by atoms with Gasteiger partial charge in [-0.15, -0.1) is 0 Å². The van der Waals surface area contributed by atoms with Gasteiger partial charge in [0.1, 0.15) is 5.82 Å². The third kappa shape index (κ3) is 3.40. The molecule has 0 aliphatic carbocycles. The van der Waals surface area contributed by atoms with Gasteiger partial charge in [0.2, 0.25) is 0 Å². The highest BCUT2D eigenvalue weighted by Gasteiger charge is 2.07. The standard InChI is InChI=1S/C15H25N5/c1-5-8-19-11-14(13(4)17-19)10-16-15-7-9-20(18-15)12(3)6-2/h7,9,11-12H,5-6,8,10H2,1-4H3,(H,16,18). The fourth-order valence-corrected chi connectivity index (χ4v) is 2.13. The van der Waals surface area contributed by atoms with Crippen LogP contribution in [0.3, 0.4) is 0 Å². The quantitative estimate of drug-likeness (QED) is 0.842. The molecule has 0 amide bonds. The minimum Gasteiger partial charge on any atom is -0.364 e. The Morgan fingerprint density at radius 3 is 2.80 bits per heavy atom. The van der Waals surface area contributed by atoms with E-state index in [0.29, 0.717) is 6.04 Å². The Labute approximate surface area is 121 Å². The number of nitrogens with zero attached hydrogens (tertiary/aromatic N) is 4. The Morgan fingerprint density at radius 2 is 2.10 bits per heavy atom. The average molecular weight is 275 g/mol. The van der Waals surface area contributed by atoms with Crippen LogP contribution < -0.4 is 5.32 Å². The van der Waals surface area contributed by atoms with E-state index < -0.39 is 0 Å². The predicted molar refractivity (Wildman–Crippen MR) is 81.8 cm³/mol. The minimum atomic E-state index is 0.444. The minimum absolute atomic E-state index is 0.444. The van der Waals surface area contributed by atoms with Gasteiger partial charge in [-0.1, -0.05) is 13.8 Å². The van der Waals surface area contributed by atoms with Gasteiger partial charge in [0, 0.05) is 43.2 Å². The Kier molecular flexibility index (Phi) is 4.82. The second kappa shape index (κ2) is 6.59. The molecule has 5 heteroatoms. The fourth-order valence-electron chi connectivity index (χ4n) is 2.13. The van der Waals surface area contributed by atoms with Crippen LogP contribution in [0.25, 0.3) is 0 Å². The van der Waals surface area contributed by atoms with Crippen molar-refractivity contribution < 1.29 is 0 Å². The Balaban J connectivity index is 1.96. The SMILES string of the molecule is CCCn1cc(CNc2ccn(C(C)CC)n2)c(C)n1. The summed E-state index contributed by atoms with van der Waals surface area (Å²) in [6.45, 7) is 10.3. The van der Waals surface area contributed by atoms with Gasteiger partial charge in [-0.2, -0.15) is 10.2 Å². The summed E-state index contributed by atoms with van der Waals surface area (Å²) in [6, 6.07) is 2.47. The van der Waals surface area contributed by atoms with Crippen LogP contribution >= 0.6 is 0 Å². The molecular formula is C15H25N5. The number of anilines is 1. The monoisotopic (exact) mass is 275 g/mol. The van der Waals surface area contributed by atoms with Crippen molar-refractivity contribution in [1.82, 2.24) is 19.6 Å². The Hall–Kier alpha value is -1.78. The van der Waals surface area contributed by atoms with Crippen molar-refractivity contribution in [2.24, 2.45) is 0 Å². The fraction of sp³-hybridized carbons (Fsp3) is 0.600. The molecule has 2 aromatic heterocycles. The number of aryl methyl sites for hydroxylation is 2. The molecule has 0 aliphatic rings. The highest BCUT2D eigenvalue weighted by molar-refractivity contribution is 5.34. The number of aromatic nitrogens is 4. The summed E-state index contributed by atoms with van der Waals surface area (Å²) in [5.74, 6) is 0.924. The molecule has 1 atom stereocenters. The smallest absolute Gasteiger partial charge is 0.148 e. The van der Waals surface area contributed by atoms with E-state index in [9.17, 15) is 0 Å². The summed E-state index contributed by atoms with van der Waals surface area (Å²) < 4.78 is 4.03. The Morgan fingerprint density at radius 1 is 1.30 bits per heavy atom. The van der Waals surface area contributed by atoms with Gasteiger partial charge >= 0.3 is 0 Å². The maximum Gasteiger partial charge on any atom is 0.148 e. The number of rotatable bonds is 7. The topological polar surface area (TPSA) is 47.7 Å². The van der Waals surface area contributed by atoms with E-state index in [1.54, 1.807) is 0 Å². The third-order valence-corrected chi connectivity index (χ3v) is 3.61. The van der Waals surface area contributed by atoms with Gasteiger partial charge in [-0.05, 0) is 26.7 Å². The maximum absolute atomic E-state index is 4.55. The normalized spacial score (nSPS) is 12.6. The molecule has 2 aromatic rings. The van der Waals surface area contributed by atoms with Crippen LogP contribution in [-0.4, -0.2) is 19.6 Å². The molecule has 5 nitrogen and oxygen atoms in total. The van der Waals surface area contributed by atoms with Gasteiger partial charge in [0.25, 0.3) is 0 Å². The van der Waals surface area contributed by atoms with Crippen molar-refractivity contribution >= 4 is 5.82 Å². The molecule has 0 bridgehead atoms. The highest BCUT2D eigenvalue weighted by Crippen LogP contribution is 2.13. The molecule has 20 heavy (non-hydrogen) atoms. The van der Waals surface area contributed by atoms with Gasteiger partial charge in [-0.3, -0.25) is 9.36 Å². The first-order valence-corrected chi connectivity index (χ1v) is 7.46. The van der Waals surface area contributed by atoms with Crippen LogP contribution in [0.5, 0.6) is 0 Å². The molecule has 0 spiro atoms. The first-order chi connectivity index (χ1) is 9.63. The van der Waals surface area contributed by atoms with Crippen LogP contribution in [-0.2, 0) is 13.1 Å². The lowest BCUT2D eigenvalue weighted by atomic mass is 10.2. The van der Waals surface area contributed by atoms with Crippen LogP contribution in [0.2, 0.25) is 0 Å². The second-order valence-corrected chi connectivity index (χ2v) is 5.29. The van der Waals surface area contributed by atoms with Gasteiger partial charge in [-0.25, -0.2) is 0 Å². The first kappa shape index (κ1) is 14.6. The van der Waals surface area contributed by atoms with Crippen molar-refractivity contribution in [3.63, 3.8) is 0 Å². The molecule has 110 valence electrons. The van der Waals surface area contributed by atoms with E-state index in [2.05, 4.69) is 49.4 Å². The first-order valence-electron chi connectivity index (χ1n) is 7.46. The van der Waals surface area contributed by atoms with E-state index in [1.165, 1.54) is 5.56 Å². The van der Waals surface area contributed by atoms with E-state index in [0.717, 1.165) is 37.4 Å². The zero-order chi connectivity index (χ0) is 14.5. The van der Waals surface area contributed by atoms with E-state index in [4.69, 9.17) is 0 Å². The van der Waals surface area contributed by atoms with Crippen LogP contribution in [0.15, 0.2) is 18.5 Å². The summed E-state index contributed by atoms with van der Waals surface area (Å²) in [5, 5.41) is 12.4. The average Bonchev–Trinajstić information content (AvgIpc) is 3.03.